The van der Waals surface area contributed by atoms with Crippen molar-refractivity contribution < 1.29 is 14.3 Å². The van der Waals surface area contributed by atoms with E-state index in [0.717, 1.165) is 16.8 Å². The summed E-state index contributed by atoms with van der Waals surface area (Å²) in [5.74, 6) is 1.24. The summed E-state index contributed by atoms with van der Waals surface area (Å²) < 4.78 is 10.6. The van der Waals surface area contributed by atoms with Crippen LogP contribution in [0.5, 0.6) is 11.5 Å². The summed E-state index contributed by atoms with van der Waals surface area (Å²) in [4.78, 5) is 17.6. The van der Waals surface area contributed by atoms with E-state index >= 15 is 0 Å². The molecule has 0 saturated heterocycles. The number of halogens is 1. The van der Waals surface area contributed by atoms with Gasteiger partial charge in [0.2, 0.25) is 5.91 Å². The number of pyridine rings is 1. The van der Waals surface area contributed by atoms with Gasteiger partial charge in [-0.25, -0.2) is 4.98 Å². The molecule has 0 bridgehead atoms. The van der Waals surface area contributed by atoms with Crippen molar-refractivity contribution in [1.82, 2.24) is 10.3 Å². The summed E-state index contributed by atoms with van der Waals surface area (Å²) >= 11 is 7.30. The van der Waals surface area contributed by atoms with Crippen LogP contribution in [0, 0.1) is 11.3 Å². The first-order valence-electron chi connectivity index (χ1n) is 10.8. The SMILES string of the molecule is CCC(Sc1nc(-c2ccc(Cl)cc2)ccc1C#N)C(=O)NCCc1ccc(OC)c(OC)c1. The Morgan fingerprint density at radius 2 is 1.85 bits per heavy atom. The minimum Gasteiger partial charge on any atom is -0.493 e. The number of nitriles is 1. The van der Waals surface area contributed by atoms with Crippen LogP contribution < -0.4 is 14.8 Å². The highest BCUT2D eigenvalue weighted by Gasteiger charge is 2.21. The molecular weight excluding hydrogens is 470 g/mol. The van der Waals surface area contributed by atoms with Gasteiger partial charge in [0.1, 0.15) is 11.1 Å². The van der Waals surface area contributed by atoms with Crippen molar-refractivity contribution in [1.29, 1.82) is 5.26 Å². The maximum Gasteiger partial charge on any atom is 0.233 e. The number of nitrogens with one attached hydrogen (secondary N) is 1. The molecule has 1 atom stereocenters. The van der Waals surface area contributed by atoms with E-state index in [2.05, 4.69) is 16.4 Å². The zero-order valence-corrected chi connectivity index (χ0v) is 20.9. The highest BCUT2D eigenvalue weighted by Crippen LogP contribution is 2.30. The van der Waals surface area contributed by atoms with Crippen LogP contribution in [0.15, 0.2) is 59.6 Å². The van der Waals surface area contributed by atoms with Crippen molar-refractivity contribution >= 4 is 29.3 Å². The van der Waals surface area contributed by atoms with Crippen molar-refractivity contribution in [3.63, 3.8) is 0 Å². The average Bonchev–Trinajstić information content (AvgIpc) is 2.87. The minimum atomic E-state index is -0.370. The molecule has 0 spiro atoms. The number of carbonyl (C=O) groups excluding carboxylic acids is 1. The molecule has 1 aromatic heterocycles. The number of thioether (sulfide) groups is 1. The molecule has 3 rings (SSSR count). The number of rotatable bonds is 10. The zero-order valence-electron chi connectivity index (χ0n) is 19.3. The third-order valence-electron chi connectivity index (χ3n) is 5.20. The molecule has 34 heavy (non-hydrogen) atoms. The molecule has 176 valence electrons. The van der Waals surface area contributed by atoms with E-state index < -0.39 is 0 Å². The van der Waals surface area contributed by atoms with E-state index in [1.165, 1.54) is 11.8 Å². The molecule has 1 heterocycles. The van der Waals surface area contributed by atoms with Crippen molar-refractivity contribution in [3.8, 4) is 28.8 Å². The number of nitrogens with zero attached hydrogens (tertiary/aromatic N) is 2. The van der Waals surface area contributed by atoms with E-state index in [4.69, 9.17) is 21.1 Å². The number of aromatic nitrogens is 1. The lowest BCUT2D eigenvalue weighted by molar-refractivity contribution is -0.120. The standard InChI is InChI=1S/C26H26ClN3O3S/c1-4-24(25(31)29-14-13-17-5-12-22(32-2)23(15-17)33-3)34-26-19(16-28)8-11-21(30-26)18-6-9-20(27)10-7-18/h5-12,15,24H,4,13-14H2,1-3H3,(H,29,31). The molecule has 0 fully saturated rings. The van der Waals surface area contributed by atoms with Gasteiger partial charge in [-0.3, -0.25) is 4.79 Å². The first kappa shape index (κ1) is 25.4. The number of hydrogen-bond donors (Lipinski definition) is 1. The van der Waals surface area contributed by atoms with Crippen LogP contribution in [0.3, 0.4) is 0 Å². The molecule has 8 heteroatoms. The van der Waals surface area contributed by atoms with Crippen LogP contribution in [0.1, 0.15) is 24.5 Å². The van der Waals surface area contributed by atoms with E-state index in [0.29, 0.717) is 46.5 Å². The van der Waals surface area contributed by atoms with Crippen molar-refractivity contribution in [2.45, 2.75) is 30.0 Å². The third kappa shape index (κ3) is 6.43. The Morgan fingerprint density at radius 3 is 2.50 bits per heavy atom. The third-order valence-corrected chi connectivity index (χ3v) is 6.82. The predicted molar refractivity (Wildman–Crippen MR) is 136 cm³/mol. The van der Waals surface area contributed by atoms with Gasteiger partial charge >= 0.3 is 0 Å². The van der Waals surface area contributed by atoms with Crippen LogP contribution >= 0.6 is 23.4 Å². The molecule has 0 radical (unpaired) electrons. The molecule has 1 amide bonds. The summed E-state index contributed by atoms with van der Waals surface area (Å²) in [6.07, 6.45) is 1.26. The normalized spacial score (nSPS) is 11.4. The van der Waals surface area contributed by atoms with Gasteiger partial charge in [-0.1, -0.05) is 48.5 Å². The Balaban J connectivity index is 1.67. The monoisotopic (exact) mass is 495 g/mol. The number of hydrogen-bond acceptors (Lipinski definition) is 6. The molecule has 0 aliphatic heterocycles. The molecular formula is C26H26ClN3O3S. The summed E-state index contributed by atoms with van der Waals surface area (Å²) in [6.45, 7) is 2.43. The van der Waals surface area contributed by atoms with E-state index in [9.17, 15) is 10.1 Å². The second kappa shape index (κ2) is 12.3. The Kier molecular flexibility index (Phi) is 9.20. The lowest BCUT2D eigenvalue weighted by atomic mass is 10.1. The van der Waals surface area contributed by atoms with Gasteiger partial charge in [-0.15, -0.1) is 0 Å². The maximum absolute atomic E-state index is 12.9. The topological polar surface area (TPSA) is 84.2 Å². The summed E-state index contributed by atoms with van der Waals surface area (Å²) in [5, 5.41) is 13.4. The molecule has 2 aromatic carbocycles. The Hall–Kier alpha value is -3.21. The van der Waals surface area contributed by atoms with Crippen molar-refractivity contribution in [2.24, 2.45) is 0 Å². The molecule has 1 N–H and O–H groups in total. The smallest absolute Gasteiger partial charge is 0.233 e. The lowest BCUT2D eigenvalue weighted by Gasteiger charge is -2.16. The van der Waals surface area contributed by atoms with Gasteiger partial charge in [0, 0.05) is 17.1 Å². The predicted octanol–water partition coefficient (Wildman–Crippen LogP) is 5.52. The fourth-order valence-corrected chi connectivity index (χ4v) is 4.48. The Labute approximate surface area is 209 Å². The van der Waals surface area contributed by atoms with Crippen LogP contribution in [-0.2, 0) is 11.2 Å². The van der Waals surface area contributed by atoms with Crippen LogP contribution in [-0.4, -0.2) is 36.9 Å². The second-order valence-electron chi connectivity index (χ2n) is 7.41. The van der Waals surface area contributed by atoms with Gasteiger partial charge in [0.25, 0.3) is 0 Å². The van der Waals surface area contributed by atoms with Crippen LogP contribution in [0.25, 0.3) is 11.3 Å². The first-order valence-corrected chi connectivity index (χ1v) is 12.1. The zero-order chi connectivity index (χ0) is 24.5. The number of amides is 1. The Bertz CT molecular complexity index is 1180. The number of carbonyl (C=O) groups is 1. The van der Waals surface area contributed by atoms with Gasteiger partial charge in [-0.2, -0.15) is 5.26 Å². The van der Waals surface area contributed by atoms with E-state index in [1.54, 1.807) is 38.5 Å². The highest BCUT2D eigenvalue weighted by atomic mass is 35.5. The average molecular weight is 496 g/mol. The molecule has 0 saturated carbocycles. The first-order chi connectivity index (χ1) is 16.5. The van der Waals surface area contributed by atoms with Gasteiger partial charge in [0.05, 0.1) is 30.7 Å². The Morgan fingerprint density at radius 1 is 1.12 bits per heavy atom. The second-order valence-corrected chi connectivity index (χ2v) is 9.04. The van der Waals surface area contributed by atoms with Crippen LogP contribution in [0.2, 0.25) is 5.02 Å². The summed E-state index contributed by atoms with van der Waals surface area (Å²) in [5.41, 5.74) is 3.09. The van der Waals surface area contributed by atoms with Gasteiger partial charge < -0.3 is 14.8 Å². The van der Waals surface area contributed by atoms with Crippen molar-refractivity contribution in [3.05, 3.63) is 70.7 Å². The van der Waals surface area contributed by atoms with Gasteiger partial charge in [0.15, 0.2) is 11.5 Å². The molecule has 1 unspecified atom stereocenters. The quantitative estimate of drug-likeness (QED) is 0.373. The fourth-order valence-electron chi connectivity index (χ4n) is 3.33. The molecule has 6 nitrogen and oxygen atoms in total. The molecule has 3 aromatic rings. The number of methoxy groups -OCH3 is 2. The van der Waals surface area contributed by atoms with E-state index in [-0.39, 0.29) is 11.2 Å². The van der Waals surface area contributed by atoms with E-state index in [1.807, 2.05) is 37.3 Å². The number of benzene rings is 2. The van der Waals surface area contributed by atoms with Crippen molar-refractivity contribution in [2.75, 3.05) is 20.8 Å². The summed E-state index contributed by atoms with van der Waals surface area (Å²) in [6, 6.07) is 18.8. The highest BCUT2D eigenvalue weighted by molar-refractivity contribution is 8.00. The van der Waals surface area contributed by atoms with Crippen LogP contribution in [0.4, 0.5) is 0 Å². The fraction of sp³-hybridized carbons (Fsp3) is 0.269. The molecule has 0 aliphatic carbocycles. The maximum atomic E-state index is 12.9. The number of ether oxygens (including phenoxy) is 2. The molecule has 0 aliphatic rings. The van der Waals surface area contributed by atoms with Gasteiger partial charge in [-0.05, 0) is 54.8 Å². The minimum absolute atomic E-state index is 0.0874. The lowest BCUT2D eigenvalue weighted by Crippen LogP contribution is -2.33. The summed E-state index contributed by atoms with van der Waals surface area (Å²) in [7, 11) is 3.19. The largest absolute Gasteiger partial charge is 0.493 e.